The van der Waals surface area contributed by atoms with Crippen molar-refractivity contribution in [1.29, 1.82) is 0 Å². The molecule has 0 saturated carbocycles. The van der Waals surface area contributed by atoms with Crippen LogP contribution in [0.15, 0.2) is 22.7 Å². The molecule has 2 heterocycles. The molecule has 2 atom stereocenters. The minimum absolute atomic E-state index is 0.735. The van der Waals surface area contributed by atoms with Gasteiger partial charge in [-0.1, -0.05) is 22.0 Å². The molecule has 2 aliphatic heterocycles. The number of benzene rings is 1. The van der Waals surface area contributed by atoms with E-state index in [1.165, 1.54) is 48.1 Å². The van der Waals surface area contributed by atoms with Gasteiger partial charge in [0, 0.05) is 41.9 Å². The monoisotopic (exact) mass is 337 g/mol. The molecule has 1 aromatic carbocycles. The van der Waals surface area contributed by atoms with Crippen LogP contribution in [0.4, 0.5) is 5.69 Å². The third-order valence-electron chi connectivity index (χ3n) is 4.92. The summed E-state index contributed by atoms with van der Waals surface area (Å²) in [6.45, 7) is 3.27. The number of hydrogen-bond acceptors (Lipinski definition) is 3. The zero-order valence-electron chi connectivity index (χ0n) is 12.4. The van der Waals surface area contributed by atoms with Gasteiger partial charge < -0.3 is 10.2 Å². The van der Waals surface area contributed by atoms with Crippen LogP contribution in [-0.4, -0.2) is 44.2 Å². The zero-order valence-corrected chi connectivity index (χ0v) is 14.0. The maximum absolute atomic E-state index is 3.71. The van der Waals surface area contributed by atoms with E-state index in [0.29, 0.717) is 0 Å². The number of likely N-dealkylation sites (N-methyl/N-ethyl adjacent to an activating group) is 1. The van der Waals surface area contributed by atoms with Gasteiger partial charge in [-0.2, -0.15) is 0 Å². The molecule has 20 heavy (non-hydrogen) atoms. The number of anilines is 1. The van der Waals surface area contributed by atoms with Crippen LogP contribution in [0, 0.1) is 0 Å². The third kappa shape index (κ3) is 2.74. The van der Waals surface area contributed by atoms with Crippen molar-refractivity contribution < 1.29 is 0 Å². The Hall–Kier alpha value is -0.580. The van der Waals surface area contributed by atoms with Crippen LogP contribution in [0.1, 0.15) is 24.8 Å². The van der Waals surface area contributed by atoms with Crippen LogP contribution >= 0.6 is 15.9 Å². The SMILES string of the molecule is CNCc1ccc(N2CCC3CCC(C2)N3C)cc1Br. The average Bonchev–Trinajstić information content (AvgIpc) is 2.66. The van der Waals surface area contributed by atoms with Crippen LogP contribution in [0.25, 0.3) is 0 Å². The first-order valence-corrected chi connectivity index (χ1v) is 8.38. The molecule has 0 aliphatic carbocycles. The molecule has 2 fully saturated rings. The lowest BCUT2D eigenvalue weighted by molar-refractivity contribution is 0.254. The van der Waals surface area contributed by atoms with Crippen molar-refractivity contribution in [2.75, 3.05) is 32.1 Å². The van der Waals surface area contributed by atoms with Crippen molar-refractivity contribution in [2.45, 2.75) is 37.9 Å². The van der Waals surface area contributed by atoms with Crippen LogP contribution in [-0.2, 0) is 6.54 Å². The normalized spacial score (nSPS) is 26.9. The minimum atomic E-state index is 0.735. The van der Waals surface area contributed by atoms with Gasteiger partial charge in [-0.05, 0) is 51.1 Å². The first-order valence-electron chi connectivity index (χ1n) is 7.59. The number of hydrogen-bond donors (Lipinski definition) is 1. The fourth-order valence-corrected chi connectivity index (χ4v) is 4.12. The van der Waals surface area contributed by atoms with E-state index in [9.17, 15) is 0 Å². The topological polar surface area (TPSA) is 18.5 Å². The van der Waals surface area contributed by atoms with Gasteiger partial charge in [0.1, 0.15) is 0 Å². The second-order valence-corrected chi connectivity index (χ2v) is 6.95. The molecule has 4 heteroatoms. The summed E-state index contributed by atoms with van der Waals surface area (Å²) in [4.78, 5) is 5.17. The fourth-order valence-electron chi connectivity index (χ4n) is 3.61. The molecule has 1 aromatic rings. The van der Waals surface area contributed by atoms with E-state index >= 15 is 0 Å². The summed E-state index contributed by atoms with van der Waals surface area (Å²) in [5.74, 6) is 0. The molecule has 0 amide bonds. The second kappa shape index (κ2) is 6.04. The van der Waals surface area contributed by atoms with Gasteiger partial charge >= 0.3 is 0 Å². The standard InChI is InChI=1S/C16H24BrN3/c1-18-10-12-3-4-14(9-16(12)17)20-8-7-13-5-6-15(11-20)19(13)2/h3-4,9,13,15,18H,5-8,10-11H2,1-2H3. The summed E-state index contributed by atoms with van der Waals surface area (Å²) in [6, 6.07) is 8.33. The Bertz CT molecular complexity index is 477. The van der Waals surface area contributed by atoms with Crippen LogP contribution in [0.5, 0.6) is 0 Å². The summed E-state index contributed by atoms with van der Waals surface area (Å²) in [6.07, 6.45) is 4.04. The van der Waals surface area contributed by atoms with Gasteiger partial charge in [-0.3, -0.25) is 4.90 Å². The fraction of sp³-hybridized carbons (Fsp3) is 0.625. The number of fused-ring (bicyclic) bond motifs is 2. The molecule has 0 aromatic heterocycles. The first-order chi connectivity index (χ1) is 9.69. The molecular weight excluding hydrogens is 314 g/mol. The van der Waals surface area contributed by atoms with Gasteiger partial charge in [-0.15, -0.1) is 0 Å². The number of halogens is 1. The summed E-state index contributed by atoms with van der Waals surface area (Å²) in [5, 5.41) is 3.21. The maximum Gasteiger partial charge on any atom is 0.0378 e. The number of nitrogens with one attached hydrogen (secondary N) is 1. The lowest BCUT2D eigenvalue weighted by Gasteiger charge is -2.28. The molecule has 2 unspecified atom stereocenters. The van der Waals surface area contributed by atoms with Crippen molar-refractivity contribution >= 4 is 21.6 Å². The summed E-state index contributed by atoms with van der Waals surface area (Å²) in [5.41, 5.74) is 2.68. The Kier molecular flexibility index (Phi) is 4.34. The predicted octanol–water partition coefficient (Wildman–Crippen LogP) is 2.84. The molecule has 3 nitrogen and oxygen atoms in total. The smallest absolute Gasteiger partial charge is 0.0378 e. The molecule has 1 N–H and O–H groups in total. The Labute approximate surface area is 130 Å². The van der Waals surface area contributed by atoms with Crippen molar-refractivity contribution in [1.82, 2.24) is 10.2 Å². The quantitative estimate of drug-likeness (QED) is 0.914. The lowest BCUT2D eigenvalue weighted by Crippen LogP contribution is -2.36. The molecule has 0 spiro atoms. The van der Waals surface area contributed by atoms with Crippen LogP contribution < -0.4 is 10.2 Å². The van der Waals surface area contributed by atoms with E-state index in [1.807, 2.05) is 7.05 Å². The molecule has 0 radical (unpaired) electrons. The van der Waals surface area contributed by atoms with Crippen molar-refractivity contribution in [2.24, 2.45) is 0 Å². The summed E-state index contributed by atoms with van der Waals surface area (Å²) in [7, 11) is 4.29. The molecule has 2 saturated heterocycles. The van der Waals surface area contributed by atoms with Crippen LogP contribution in [0.3, 0.4) is 0 Å². The van der Waals surface area contributed by atoms with E-state index < -0.39 is 0 Å². The Morgan fingerprint density at radius 3 is 2.80 bits per heavy atom. The second-order valence-electron chi connectivity index (χ2n) is 6.09. The molecule has 3 rings (SSSR count). The van der Waals surface area contributed by atoms with E-state index in [2.05, 4.69) is 56.3 Å². The number of nitrogens with zero attached hydrogens (tertiary/aromatic N) is 2. The summed E-state index contributed by atoms with van der Waals surface area (Å²) >= 11 is 3.71. The molecule has 2 aliphatic rings. The van der Waals surface area contributed by atoms with Gasteiger partial charge in [0.2, 0.25) is 0 Å². The van der Waals surface area contributed by atoms with Crippen LogP contribution in [0.2, 0.25) is 0 Å². The highest BCUT2D eigenvalue weighted by Crippen LogP contribution is 2.32. The summed E-state index contributed by atoms with van der Waals surface area (Å²) < 4.78 is 1.21. The van der Waals surface area contributed by atoms with Gasteiger partial charge in [-0.25, -0.2) is 0 Å². The highest BCUT2D eigenvalue weighted by Gasteiger charge is 2.34. The Balaban J connectivity index is 1.77. The lowest BCUT2D eigenvalue weighted by atomic mass is 10.1. The van der Waals surface area contributed by atoms with Crippen molar-refractivity contribution in [3.63, 3.8) is 0 Å². The van der Waals surface area contributed by atoms with Crippen molar-refractivity contribution in [3.05, 3.63) is 28.2 Å². The Morgan fingerprint density at radius 1 is 1.25 bits per heavy atom. The third-order valence-corrected chi connectivity index (χ3v) is 5.66. The molecular formula is C16H24BrN3. The Morgan fingerprint density at radius 2 is 2.05 bits per heavy atom. The van der Waals surface area contributed by atoms with Gasteiger partial charge in [0.25, 0.3) is 0 Å². The van der Waals surface area contributed by atoms with Gasteiger partial charge in [0.15, 0.2) is 0 Å². The predicted molar refractivity (Wildman–Crippen MR) is 88.3 cm³/mol. The highest BCUT2D eigenvalue weighted by molar-refractivity contribution is 9.10. The van der Waals surface area contributed by atoms with E-state index in [0.717, 1.165) is 18.6 Å². The number of rotatable bonds is 3. The zero-order chi connectivity index (χ0) is 14.1. The maximum atomic E-state index is 3.71. The highest BCUT2D eigenvalue weighted by atomic mass is 79.9. The minimum Gasteiger partial charge on any atom is -0.370 e. The van der Waals surface area contributed by atoms with E-state index in [1.54, 1.807) is 0 Å². The molecule has 2 bridgehead atoms. The van der Waals surface area contributed by atoms with E-state index in [-0.39, 0.29) is 0 Å². The molecule has 110 valence electrons. The van der Waals surface area contributed by atoms with Crippen molar-refractivity contribution in [3.8, 4) is 0 Å². The average molecular weight is 338 g/mol. The largest absolute Gasteiger partial charge is 0.370 e. The first kappa shape index (κ1) is 14.4. The van der Waals surface area contributed by atoms with Gasteiger partial charge in [0.05, 0.1) is 0 Å². The van der Waals surface area contributed by atoms with E-state index in [4.69, 9.17) is 0 Å².